The summed E-state index contributed by atoms with van der Waals surface area (Å²) in [5, 5.41) is 6.15. The van der Waals surface area contributed by atoms with Crippen LogP contribution in [0.1, 0.15) is 6.92 Å². The van der Waals surface area contributed by atoms with E-state index >= 15 is 0 Å². The van der Waals surface area contributed by atoms with Crippen molar-refractivity contribution < 1.29 is 4.79 Å². The molecule has 0 saturated carbocycles. The number of hydrogen-bond donors (Lipinski definition) is 2. The summed E-state index contributed by atoms with van der Waals surface area (Å²) in [6.45, 7) is 3.91. The summed E-state index contributed by atoms with van der Waals surface area (Å²) >= 11 is 2.24. The van der Waals surface area contributed by atoms with E-state index < -0.39 is 0 Å². The highest BCUT2D eigenvalue weighted by Gasteiger charge is 2.28. The Morgan fingerprint density at radius 3 is 2.76 bits per heavy atom. The van der Waals surface area contributed by atoms with Gasteiger partial charge in [-0.1, -0.05) is 13.0 Å². The molecule has 17 heavy (non-hydrogen) atoms. The Kier molecular flexibility index (Phi) is 5.69. The second-order valence-electron chi connectivity index (χ2n) is 4.21. The van der Waals surface area contributed by atoms with Crippen LogP contribution >= 0.6 is 35.0 Å². The van der Waals surface area contributed by atoms with Crippen LogP contribution in [0.25, 0.3) is 0 Å². The summed E-state index contributed by atoms with van der Waals surface area (Å²) < 4.78 is 1.13. The van der Waals surface area contributed by atoms with Gasteiger partial charge in [0.2, 0.25) is 5.91 Å². The van der Waals surface area contributed by atoms with E-state index in [1.165, 1.54) is 0 Å². The van der Waals surface area contributed by atoms with Gasteiger partial charge in [-0.3, -0.25) is 4.79 Å². The van der Waals surface area contributed by atoms with Gasteiger partial charge < -0.3 is 10.6 Å². The van der Waals surface area contributed by atoms with Crippen molar-refractivity contribution in [2.24, 2.45) is 11.8 Å². The maximum absolute atomic E-state index is 11.9. The molecule has 1 aliphatic rings. The normalized spacial score (nSPS) is 16.6. The third kappa shape index (κ3) is 3.82. The van der Waals surface area contributed by atoms with E-state index in [2.05, 4.69) is 33.2 Å². The smallest absolute Gasteiger partial charge is 0.227 e. The van der Waals surface area contributed by atoms with Gasteiger partial charge in [0, 0.05) is 15.2 Å². The average Bonchev–Trinajstić information content (AvgIpc) is 2.14. The molecule has 1 aliphatic heterocycles. The van der Waals surface area contributed by atoms with Crippen molar-refractivity contribution in [2.75, 3.05) is 18.4 Å². The maximum Gasteiger partial charge on any atom is 0.227 e. The lowest BCUT2D eigenvalue weighted by Gasteiger charge is -2.31. The largest absolute Gasteiger partial charge is 0.326 e. The topological polar surface area (TPSA) is 41.1 Å². The molecule has 0 bridgehead atoms. The first-order valence-electron chi connectivity index (χ1n) is 5.44. The third-order valence-electron chi connectivity index (χ3n) is 3.03. The zero-order valence-electron chi connectivity index (χ0n) is 9.57. The molecule has 1 amide bonds. The Bertz CT molecular complexity index is 396. The van der Waals surface area contributed by atoms with Crippen molar-refractivity contribution >= 4 is 46.6 Å². The number of nitrogens with one attached hydrogen (secondary N) is 2. The fourth-order valence-corrected chi connectivity index (χ4v) is 2.24. The van der Waals surface area contributed by atoms with Crippen LogP contribution in [0.2, 0.25) is 0 Å². The molecular weight excluding hydrogens is 351 g/mol. The van der Waals surface area contributed by atoms with Gasteiger partial charge in [0.05, 0.1) is 0 Å². The van der Waals surface area contributed by atoms with Gasteiger partial charge in [-0.25, -0.2) is 0 Å². The first-order chi connectivity index (χ1) is 7.66. The van der Waals surface area contributed by atoms with Crippen molar-refractivity contribution in [2.45, 2.75) is 6.92 Å². The minimum Gasteiger partial charge on any atom is -0.326 e. The van der Waals surface area contributed by atoms with Gasteiger partial charge in [-0.2, -0.15) is 0 Å². The number of amides is 1. The van der Waals surface area contributed by atoms with E-state index in [4.69, 9.17) is 0 Å². The van der Waals surface area contributed by atoms with Crippen molar-refractivity contribution in [1.29, 1.82) is 0 Å². The summed E-state index contributed by atoms with van der Waals surface area (Å²) in [7, 11) is 0. The Morgan fingerprint density at radius 1 is 1.53 bits per heavy atom. The van der Waals surface area contributed by atoms with Crippen LogP contribution in [0.3, 0.4) is 0 Å². The highest BCUT2D eigenvalue weighted by molar-refractivity contribution is 14.1. The van der Waals surface area contributed by atoms with Crippen LogP contribution in [-0.4, -0.2) is 19.0 Å². The van der Waals surface area contributed by atoms with Crippen LogP contribution in [-0.2, 0) is 4.79 Å². The fraction of sp³-hybridized carbons (Fsp3) is 0.417. The van der Waals surface area contributed by atoms with Crippen LogP contribution in [0, 0.1) is 15.4 Å². The quantitative estimate of drug-likeness (QED) is 0.807. The fourth-order valence-electron chi connectivity index (χ4n) is 1.70. The van der Waals surface area contributed by atoms with Gasteiger partial charge in [-0.15, -0.1) is 12.4 Å². The van der Waals surface area contributed by atoms with E-state index in [1.807, 2.05) is 31.2 Å². The number of anilines is 1. The monoisotopic (exact) mass is 366 g/mol. The molecule has 0 aliphatic carbocycles. The Labute approximate surface area is 121 Å². The minimum absolute atomic E-state index is 0. The number of carbonyl (C=O) groups excluding carboxylic acids is 1. The molecule has 0 aromatic heterocycles. The summed E-state index contributed by atoms with van der Waals surface area (Å²) in [5.74, 6) is 0.690. The Balaban J connectivity index is 0.00000144. The van der Waals surface area contributed by atoms with Gasteiger partial charge in [0.15, 0.2) is 0 Å². The lowest BCUT2D eigenvalue weighted by molar-refractivity contribution is -0.121. The minimum atomic E-state index is 0. The third-order valence-corrected chi connectivity index (χ3v) is 3.70. The number of rotatable bonds is 3. The van der Waals surface area contributed by atoms with E-state index in [1.54, 1.807) is 0 Å². The zero-order chi connectivity index (χ0) is 11.5. The van der Waals surface area contributed by atoms with Crippen LogP contribution in [0.4, 0.5) is 5.69 Å². The van der Waals surface area contributed by atoms with Crippen molar-refractivity contribution in [3.05, 3.63) is 27.8 Å². The van der Waals surface area contributed by atoms with Crippen molar-refractivity contribution in [3.63, 3.8) is 0 Å². The lowest BCUT2D eigenvalue weighted by Crippen LogP contribution is -2.48. The van der Waals surface area contributed by atoms with Gasteiger partial charge in [-0.05, 0) is 59.8 Å². The standard InChI is InChI=1S/C12H15IN2O.ClH/c1-8(9-6-14-7-9)12(16)15-11-4-2-3-10(13)5-11;/h2-5,8-9,14H,6-7H2,1H3,(H,15,16);1H. The molecule has 1 heterocycles. The first-order valence-corrected chi connectivity index (χ1v) is 6.52. The van der Waals surface area contributed by atoms with Gasteiger partial charge in [0.1, 0.15) is 0 Å². The number of hydrogen-bond acceptors (Lipinski definition) is 2. The lowest BCUT2D eigenvalue weighted by atomic mass is 9.88. The molecular formula is C12H16ClIN2O. The predicted molar refractivity (Wildman–Crippen MR) is 80.6 cm³/mol. The van der Waals surface area contributed by atoms with E-state index in [-0.39, 0.29) is 24.2 Å². The molecule has 2 rings (SSSR count). The van der Waals surface area contributed by atoms with E-state index in [0.29, 0.717) is 5.92 Å². The second kappa shape index (κ2) is 6.56. The second-order valence-corrected chi connectivity index (χ2v) is 5.45. The van der Waals surface area contributed by atoms with Gasteiger partial charge in [0.25, 0.3) is 0 Å². The SMILES string of the molecule is CC(C(=O)Nc1cccc(I)c1)C1CNC1.Cl. The van der Waals surface area contributed by atoms with Crippen LogP contribution in [0.5, 0.6) is 0 Å². The molecule has 2 N–H and O–H groups in total. The van der Waals surface area contributed by atoms with Crippen LogP contribution < -0.4 is 10.6 Å². The summed E-state index contributed by atoms with van der Waals surface area (Å²) in [6, 6.07) is 7.86. The highest BCUT2D eigenvalue weighted by Crippen LogP contribution is 2.19. The first kappa shape index (κ1) is 14.7. The summed E-state index contributed by atoms with van der Waals surface area (Å²) in [5.41, 5.74) is 0.885. The van der Waals surface area contributed by atoms with Crippen LogP contribution in [0.15, 0.2) is 24.3 Å². The Morgan fingerprint density at radius 2 is 2.24 bits per heavy atom. The molecule has 5 heteroatoms. The number of benzene rings is 1. The molecule has 1 atom stereocenters. The summed E-state index contributed by atoms with van der Waals surface area (Å²) in [6.07, 6.45) is 0. The van der Waals surface area contributed by atoms with Gasteiger partial charge >= 0.3 is 0 Å². The van der Waals surface area contributed by atoms with Crippen molar-refractivity contribution in [3.8, 4) is 0 Å². The molecule has 1 saturated heterocycles. The maximum atomic E-state index is 11.9. The summed E-state index contributed by atoms with van der Waals surface area (Å²) in [4.78, 5) is 11.9. The Hall–Kier alpha value is -0.330. The predicted octanol–water partition coefficient (Wildman–Crippen LogP) is 2.51. The molecule has 1 fully saturated rings. The molecule has 1 aromatic carbocycles. The molecule has 1 aromatic rings. The van der Waals surface area contributed by atoms with E-state index in [0.717, 1.165) is 22.3 Å². The molecule has 3 nitrogen and oxygen atoms in total. The number of carbonyl (C=O) groups is 1. The van der Waals surface area contributed by atoms with Crippen molar-refractivity contribution in [1.82, 2.24) is 5.32 Å². The highest BCUT2D eigenvalue weighted by atomic mass is 127. The molecule has 94 valence electrons. The molecule has 0 radical (unpaired) electrons. The molecule has 1 unspecified atom stereocenters. The number of halogens is 2. The zero-order valence-corrected chi connectivity index (χ0v) is 12.5. The molecule has 0 spiro atoms. The van der Waals surface area contributed by atoms with E-state index in [9.17, 15) is 4.79 Å². The average molecular weight is 367 g/mol.